The zero-order chi connectivity index (χ0) is 20.8. The summed E-state index contributed by atoms with van der Waals surface area (Å²) in [7, 11) is 0. The van der Waals surface area contributed by atoms with Gasteiger partial charge in [-0.15, -0.1) is 0 Å². The molecule has 1 atom stereocenters. The van der Waals surface area contributed by atoms with Gasteiger partial charge in [-0.2, -0.15) is 0 Å². The molecular formula is C24H32FN3O2. The number of nitrogens with zero attached hydrogens (tertiary/aromatic N) is 3. The summed E-state index contributed by atoms with van der Waals surface area (Å²) in [6.07, 6.45) is 2.41. The van der Waals surface area contributed by atoms with Crippen LogP contribution in [0, 0.1) is 5.82 Å². The summed E-state index contributed by atoms with van der Waals surface area (Å²) in [6.45, 7) is 7.06. The van der Waals surface area contributed by atoms with Gasteiger partial charge in [0, 0.05) is 50.9 Å². The Morgan fingerprint density at radius 3 is 2.53 bits per heavy atom. The first-order valence-electron chi connectivity index (χ1n) is 11.0. The molecule has 2 heterocycles. The van der Waals surface area contributed by atoms with Gasteiger partial charge < -0.3 is 14.7 Å². The number of piperidine rings is 1. The fourth-order valence-electron chi connectivity index (χ4n) is 4.68. The van der Waals surface area contributed by atoms with Crippen molar-refractivity contribution in [2.24, 2.45) is 0 Å². The topological polar surface area (TPSA) is 39.2 Å². The molecule has 2 aromatic carbocycles. The fraction of sp³-hybridized carbons (Fsp3) is 0.500. The predicted molar refractivity (Wildman–Crippen MR) is 118 cm³/mol. The number of hydrogen-bond acceptors (Lipinski definition) is 5. The van der Waals surface area contributed by atoms with Crippen molar-refractivity contribution < 1.29 is 14.2 Å². The molecule has 0 radical (unpaired) electrons. The van der Waals surface area contributed by atoms with E-state index in [0.717, 1.165) is 57.3 Å². The quantitative estimate of drug-likeness (QED) is 0.756. The third-order valence-corrected chi connectivity index (χ3v) is 6.22. The van der Waals surface area contributed by atoms with E-state index >= 15 is 0 Å². The number of benzene rings is 2. The van der Waals surface area contributed by atoms with Crippen molar-refractivity contribution in [3.05, 3.63) is 59.9 Å². The first-order chi connectivity index (χ1) is 14.7. The van der Waals surface area contributed by atoms with E-state index in [1.165, 1.54) is 18.4 Å². The second-order valence-electron chi connectivity index (χ2n) is 8.19. The molecule has 2 aliphatic heterocycles. The van der Waals surface area contributed by atoms with E-state index in [9.17, 15) is 4.39 Å². The summed E-state index contributed by atoms with van der Waals surface area (Å²) < 4.78 is 19.8. The molecule has 0 bridgehead atoms. The van der Waals surface area contributed by atoms with E-state index in [0.29, 0.717) is 12.6 Å². The van der Waals surface area contributed by atoms with Crippen molar-refractivity contribution in [1.82, 2.24) is 9.80 Å². The van der Waals surface area contributed by atoms with Gasteiger partial charge in [0.05, 0.1) is 12.3 Å². The molecule has 0 aliphatic carbocycles. The van der Waals surface area contributed by atoms with Crippen LogP contribution >= 0.6 is 0 Å². The van der Waals surface area contributed by atoms with Crippen LogP contribution < -0.4 is 9.64 Å². The molecule has 0 aromatic heterocycles. The first-order valence-corrected chi connectivity index (χ1v) is 11.0. The Balaban J connectivity index is 1.32. The zero-order valence-electron chi connectivity index (χ0n) is 17.5. The fourth-order valence-corrected chi connectivity index (χ4v) is 4.68. The molecule has 2 aromatic rings. The van der Waals surface area contributed by atoms with Gasteiger partial charge in [0.15, 0.2) is 0 Å². The van der Waals surface area contributed by atoms with Crippen LogP contribution in [0.2, 0.25) is 0 Å². The number of ether oxygens (including phenoxy) is 1. The second kappa shape index (κ2) is 10.2. The summed E-state index contributed by atoms with van der Waals surface area (Å²) in [5.74, 6) is 0.740. The molecule has 2 aliphatic rings. The Morgan fingerprint density at radius 2 is 1.73 bits per heavy atom. The van der Waals surface area contributed by atoms with Crippen molar-refractivity contribution in [1.29, 1.82) is 0 Å². The van der Waals surface area contributed by atoms with Gasteiger partial charge in [-0.25, -0.2) is 4.39 Å². The van der Waals surface area contributed by atoms with E-state index in [-0.39, 0.29) is 12.4 Å². The number of hydrogen-bond donors (Lipinski definition) is 1. The third kappa shape index (κ3) is 5.12. The lowest BCUT2D eigenvalue weighted by atomic mass is 10.0. The van der Waals surface area contributed by atoms with Crippen molar-refractivity contribution in [2.45, 2.75) is 25.4 Å². The lowest BCUT2D eigenvalue weighted by Gasteiger charge is -2.44. The third-order valence-electron chi connectivity index (χ3n) is 6.22. The highest BCUT2D eigenvalue weighted by atomic mass is 19.1. The average Bonchev–Trinajstić information content (AvgIpc) is 2.79. The van der Waals surface area contributed by atoms with Gasteiger partial charge in [0.2, 0.25) is 0 Å². The van der Waals surface area contributed by atoms with Gasteiger partial charge in [-0.1, -0.05) is 30.3 Å². The number of likely N-dealkylation sites (tertiary alicyclic amines) is 1. The Bertz CT molecular complexity index is 811. The van der Waals surface area contributed by atoms with Crippen molar-refractivity contribution >= 4 is 5.69 Å². The molecular weight excluding hydrogens is 381 g/mol. The highest BCUT2D eigenvalue weighted by Gasteiger charge is 2.29. The summed E-state index contributed by atoms with van der Waals surface area (Å²) in [5, 5.41) is 9.06. The molecule has 162 valence electrons. The largest absolute Gasteiger partial charge is 0.491 e. The van der Waals surface area contributed by atoms with Crippen molar-refractivity contribution in [2.75, 3.05) is 57.4 Å². The van der Waals surface area contributed by atoms with Crippen molar-refractivity contribution in [3.8, 4) is 5.75 Å². The highest BCUT2D eigenvalue weighted by Crippen LogP contribution is 2.25. The molecule has 2 saturated heterocycles. The molecule has 2 fully saturated rings. The van der Waals surface area contributed by atoms with Crippen LogP contribution in [-0.4, -0.2) is 73.4 Å². The molecule has 4 rings (SSSR count). The lowest BCUT2D eigenvalue weighted by molar-refractivity contribution is 0.0879. The Hall–Kier alpha value is -2.15. The lowest BCUT2D eigenvalue weighted by Crippen LogP contribution is -2.55. The predicted octanol–water partition coefficient (Wildman–Crippen LogP) is 2.98. The maximum absolute atomic E-state index is 14.1. The van der Waals surface area contributed by atoms with Crippen LogP contribution in [0.3, 0.4) is 0 Å². The summed E-state index contributed by atoms with van der Waals surface area (Å²) >= 11 is 0. The monoisotopic (exact) mass is 413 g/mol. The van der Waals surface area contributed by atoms with Gasteiger partial charge in [0.1, 0.15) is 18.2 Å². The number of aliphatic hydroxyl groups excluding tert-OH is 1. The number of para-hydroxylation sites is 2. The Morgan fingerprint density at radius 1 is 0.967 bits per heavy atom. The minimum atomic E-state index is -0.128. The van der Waals surface area contributed by atoms with Gasteiger partial charge in [0.25, 0.3) is 0 Å². The van der Waals surface area contributed by atoms with Crippen LogP contribution in [0.4, 0.5) is 10.1 Å². The standard InChI is InChI=1S/C24H32FN3O2/c25-22-8-2-3-9-23(22)28-14-12-27(13-15-28)21-7-5-11-26(19-21)18-20-6-1-4-10-24(20)30-17-16-29/h1-4,6,8-10,21,29H,5,7,11-19H2/t21-/m0/s1. The maximum atomic E-state index is 14.1. The minimum Gasteiger partial charge on any atom is -0.491 e. The molecule has 0 saturated carbocycles. The maximum Gasteiger partial charge on any atom is 0.146 e. The zero-order valence-corrected chi connectivity index (χ0v) is 17.5. The minimum absolute atomic E-state index is 0.0268. The number of aliphatic hydroxyl groups is 1. The number of piperazine rings is 1. The second-order valence-corrected chi connectivity index (χ2v) is 8.19. The number of anilines is 1. The normalized spacial score (nSPS) is 21.0. The summed E-state index contributed by atoms with van der Waals surface area (Å²) in [4.78, 5) is 7.26. The van der Waals surface area contributed by atoms with E-state index in [4.69, 9.17) is 9.84 Å². The average molecular weight is 414 g/mol. The summed E-state index contributed by atoms with van der Waals surface area (Å²) in [6, 6.07) is 15.7. The molecule has 0 unspecified atom stereocenters. The van der Waals surface area contributed by atoms with Crippen LogP contribution in [0.5, 0.6) is 5.75 Å². The Kier molecular flexibility index (Phi) is 7.20. The van der Waals surface area contributed by atoms with E-state index < -0.39 is 0 Å². The van der Waals surface area contributed by atoms with E-state index in [1.54, 1.807) is 12.1 Å². The Labute approximate surface area is 178 Å². The van der Waals surface area contributed by atoms with E-state index in [2.05, 4.69) is 20.8 Å². The smallest absolute Gasteiger partial charge is 0.146 e. The van der Waals surface area contributed by atoms with Crippen LogP contribution in [0.25, 0.3) is 0 Å². The SMILES string of the molecule is OCCOc1ccccc1CN1CCC[C@H](N2CCN(c3ccccc3F)CC2)C1. The van der Waals surface area contributed by atoms with Gasteiger partial charge in [-0.3, -0.25) is 9.80 Å². The van der Waals surface area contributed by atoms with Gasteiger partial charge in [-0.05, 0) is 37.6 Å². The molecule has 0 spiro atoms. The molecule has 0 amide bonds. The summed E-state index contributed by atoms with van der Waals surface area (Å²) in [5.41, 5.74) is 1.90. The molecule has 5 nitrogen and oxygen atoms in total. The highest BCUT2D eigenvalue weighted by molar-refractivity contribution is 5.48. The van der Waals surface area contributed by atoms with E-state index in [1.807, 2.05) is 30.3 Å². The molecule has 30 heavy (non-hydrogen) atoms. The van der Waals surface area contributed by atoms with Crippen LogP contribution in [0.15, 0.2) is 48.5 Å². The van der Waals surface area contributed by atoms with Crippen LogP contribution in [0.1, 0.15) is 18.4 Å². The number of rotatable bonds is 7. The number of halogens is 1. The van der Waals surface area contributed by atoms with Crippen LogP contribution in [-0.2, 0) is 6.54 Å². The molecule has 6 heteroatoms. The molecule has 1 N–H and O–H groups in total. The first kappa shape index (κ1) is 21.1. The van der Waals surface area contributed by atoms with Gasteiger partial charge >= 0.3 is 0 Å². The van der Waals surface area contributed by atoms with Crippen molar-refractivity contribution in [3.63, 3.8) is 0 Å².